The Balaban J connectivity index is 2.11. The largest absolute Gasteiger partial charge is 0.376 e. The van der Waals surface area contributed by atoms with Gasteiger partial charge >= 0.3 is 0 Å². The normalized spacial score (nSPS) is 24.6. The number of ether oxygens (including phenoxy) is 1. The van der Waals surface area contributed by atoms with Crippen LogP contribution in [0.1, 0.15) is 25.8 Å². The van der Waals surface area contributed by atoms with Gasteiger partial charge < -0.3 is 10.1 Å². The first-order chi connectivity index (χ1) is 9.11. The van der Waals surface area contributed by atoms with Crippen molar-refractivity contribution in [2.75, 3.05) is 13.2 Å². The number of benzene rings is 1. The number of hydrogen-bond acceptors (Lipinski definition) is 2. The van der Waals surface area contributed by atoms with E-state index in [2.05, 4.69) is 19.2 Å². The average Bonchev–Trinajstić information content (AvgIpc) is 2.78. The molecule has 0 spiro atoms. The number of halogens is 2. The fraction of sp³-hybridized carbons (Fsp3) is 0.600. The van der Waals surface area contributed by atoms with Crippen LogP contribution in [0.4, 0.5) is 4.39 Å². The summed E-state index contributed by atoms with van der Waals surface area (Å²) in [5.41, 5.74) is 0.969. The lowest BCUT2D eigenvalue weighted by molar-refractivity contribution is 0.0615. The molecular formula is C15H21ClFNO. The molecule has 0 aromatic heterocycles. The summed E-state index contributed by atoms with van der Waals surface area (Å²) in [5, 5.41) is 3.96. The van der Waals surface area contributed by atoms with Crippen molar-refractivity contribution < 1.29 is 9.13 Å². The summed E-state index contributed by atoms with van der Waals surface area (Å²) in [5.74, 6) is 0.252. The molecule has 2 nitrogen and oxygen atoms in total. The standard InChI is InChI=1S/C15H21ClFNO/c1-3-18-14(15-10(2)6-7-19-15)8-11-4-5-12(17)9-13(11)16/h4-5,9-10,14-15,18H,3,6-8H2,1-2H3. The van der Waals surface area contributed by atoms with Crippen LogP contribution in [0, 0.1) is 11.7 Å². The molecule has 1 heterocycles. The fourth-order valence-corrected chi connectivity index (χ4v) is 2.97. The lowest BCUT2D eigenvalue weighted by Gasteiger charge is -2.27. The highest BCUT2D eigenvalue weighted by Crippen LogP contribution is 2.26. The van der Waals surface area contributed by atoms with E-state index < -0.39 is 0 Å². The van der Waals surface area contributed by atoms with E-state index in [1.165, 1.54) is 12.1 Å². The maximum absolute atomic E-state index is 13.1. The van der Waals surface area contributed by atoms with Crippen LogP contribution >= 0.6 is 11.6 Å². The highest BCUT2D eigenvalue weighted by atomic mass is 35.5. The minimum absolute atomic E-state index is 0.209. The zero-order chi connectivity index (χ0) is 13.8. The van der Waals surface area contributed by atoms with Gasteiger partial charge in [0.05, 0.1) is 6.10 Å². The highest BCUT2D eigenvalue weighted by molar-refractivity contribution is 6.31. The molecule has 0 saturated carbocycles. The Kier molecular flexibility index (Phi) is 5.20. The maximum Gasteiger partial charge on any atom is 0.124 e. The van der Waals surface area contributed by atoms with Gasteiger partial charge in [-0.3, -0.25) is 0 Å². The Hall–Kier alpha value is -0.640. The second-order valence-corrected chi connectivity index (χ2v) is 5.61. The molecule has 106 valence electrons. The molecule has 3 unspecified atom stereocenters. The maximum atomic E-state index is 13.1. The molecule has 1 aliphatic heterocycles. The number of hydrogen-bond donors (Lipinski definition) is 1. The topological polar surface area (TPSA) is 21.3 Å². The molecule has 1 fully saturated rings. The summed E-state index contributed by atoms with van der Waals surface area (Å²) in [6.45, 7) is 6.01. The van der Waals surface area contributed by atoms with Crippen LogP contribution in [0.3, 0.4) is 0 Å². The molecule has 0 radical (unpaired) electrons. The van der Waals surface area contributed by atoms with Crippen LogP contribution in [0.5, 0.6) is 0 Å². The molecule has 2 rings (SSSR count). The van der Waals surface area contributed by atoms with Gasteiger partial charge in [0.2, 0.25) is 0 Å². The Morgan fingerprint density at radius 2 is 2.32 bits per heavy atom. The van der Waals surface area contributed by atoms with Crippen molar-refractivity contribution in [3.8, 4) is 0 Å². The van der Waals surface area contributed by atoms with Gasteiger partial charge in [-0.25, -0.2) is 4.39 Å². The van der Waals surface area contributed by atoms with Crippen molar-refractivity contribution in [1.82, 2.24) is 5.32 Å². The monoisotopic (exact) mass is 285 g/mol. The third-order valence-corrected chi connectivity index (χ3v) is 4.11. The van der Waals surface area contributed by atoms with E-state index in [4.69, 9.17) is 16.3 Å². The summed E-state index contributed by atoms with van der Waals surface area (Å²) in [6.07, 6.45) is 2.08. The first-order valence-corrected chi connectivity index (χ1v) is 7.28. The van der Waals surface area contributed by atoms with Gasteiger partial charge in [0, 0.05) is 17.7 Å². The van der Waals surface area contributed by atoms with Crippen molar-refractivity contribution in [2.45, 2.75) is 38.8 Å². The van der Waals surface area contributed by atoms with E-state index in [1.54, 1.807) is 6.07 Å². The van der Waals surface area contributed by atoms with Gasteiger partial charge in [0.1, 0.15) is 5.82 Å². The lowest BCUT2D eigenvalue weighted by Crippen LogP contribution is -2.43. The van der Waals surface area contributed by atoms with E-state index in [9.17, 15) is 4.39 Å². The third-order valence-electron chi connectivity index (χ3n) is 3.76. The van der Waals surface area contributed by atoms with Crippen molar-refractivity contribution in [3.05, 3.63) is 34.6 Å². The van der Waals surface area contributed by atoms with Gasteiger partial charge in [0.15, 0.2) is 0 Å². The quantitative estimate of drug-likeness (QED) is 0.895. The SMILES string of the molecule is CCNC(Cc1ccc(F)cc1Cl)C1OCCC1C. The number of likely N-dealkylation sites (N-methyl/N-ethyl adjacent to an activating group) is 1. The summed E-state index contributed by atoms with van der Waals surface area (Å²) in [7, 11) is 0. The van der Waals surface area contributed by atoms with Gasteiger partial charge in [-0.15, -0.1) is 0 Å². The van der Waals surface area contributed by atoms with Gasteiger partial charge in [-0.1, -0.05) is 31.5 Å². The smallest absolute Gasteiger partial charge is 0.124 e. The van der Waals surface area contributed by atoms with Crippen molar-refractivity contribution in [1.29, 1.82) is 0 Å². The van der Waals surface area contributed by atoms with Gasteiger partial charge in [-0.05, 0) is 43.0 Å². The minimum Gasteiger partial charge on any atom is -0.376 e. The second kappa shape index (κ2) is 6.69. The van der Waals surface area contributed by atoms with Crippen LogP contribution < -0.4 is 5.32 Å². The van der Waals surface area contributed by atoms with E-state index in [0.29, 0.717) is 10.9 Å². The lowest BCUT2D eigenvalue weighted by atomic mass is 9.93. The number of nitrogens with one attached hydrogen (secondary N) is 1. The average molecular weight is 286 g/mol. The minimum atomic E-state index is -0.292. The van der Waals surface area contributed by atoms with Crippen LogP contribution in [0.15, 0.2) is 18.2 Å². The summed E-state index contributed by atoms with van der Waals surface area (Å²) < 4.78 is 18.9. The zero-order valence-electron chi connectivity index (χ0n) is 11.5. The van der Waals surface area contributed by atoms with Gasteiger partial charge in [0.25, 0.3) is 0 Å². The fourth-order valence-electron chi connectivity index (χ4n) is 2.72. The van der Waals surface area contributed by atoms with E-state index in [1.807, 2.05) is 0 Å². The Morgan fingerprint density at radius 3 is 2.89 bits per heavy atom. The van der Waals surface area contributed by atoms with E-state index in [-0.39, 0.29) is 18.0 Å². The highest BCUT2D eigenvalue weighted by Gasteiger charge is 2.31. The van der Waals surface area contributed by atoms with Crippen molar-refractivity contribution in [3.63, 3.8) is 0 Å². The van der Waals surface area contributed by atoms with Crippen molar-refractivity contribution in [2.24, 2.45) is 5.92 Å². The van der Waals surface area contributed by atoms with E-state index in [0.717, 1.165) is 31.6 Å². The molecule has 0 bridgehead atoms. The number of rotatable bonds is 5. The Bertz CT molecular complexity index is 427. The van der Waals surface area contributed by atoms with Gasteiger partial charge in [-0.2, -0.15) is 0 Å². The molecule has 0 aliphatic carbocycles. The molecule has 1 N–H and O–H groups in total. The van der Waals surface area contributed by atoms with Crippen LogP contribution in [-0.2, 0) is 11.2 Å². The predicted octanol–water partition coefficient (Wildman–Crippen LogP) is 3.42. The molecule has 1 aromatic carbocycles. The van der Waals surface area contributed by atoms with Crippen molar-refractivity contribution >= 4 is 11.6 Å². The second-order valence-electron chi connectivity index (χ2n) is 5.21. The zero-order valence-corrected chi connectivity index (χ0v) is 12.2. The molecule has 1 saturated heterocycles. The van der Waals surface area contributed by atoms with E-state index >= 15 is 0 Å². The Morgan fingerprint density at radius 1 is 1.53 bits per heavy atom. The third kappa shape index (κ3) is 3.68. The molecule has 3 atom stereocenters. The molecular weight excluding hydrogens is 265 g/mol. The molecule has 19 heavy (non-hydrogen) atoms. The summed E-state index contributed by atoms with van der Waals surface area (Å²) in [6, 6.07) is 4.83. The summed E-state index contributed by atoms with van der Waals surface area (Å²) >= 11 is 6.11. The first kappa shape index (κ1) is 14.8. The van der Waals surface area contributed by atoms with Crippen LogP contribution in [0.2, 0.25) is 5.02 Å². The molecule has 4 heteroatoms. The predicted molar refractivity (Wildman–Crippen MR) is 76.1 cm³/mol. The molecule has 0 amide bonds. The molecule has 1 aliphatic rings. The van der Waals surface area contributed by atoms with Crippen LogP contribution in [-0.4, -0.2) is 25.3 Å². The van der Waals surface area contributed by atoms with Crippen LogP contribution in [0.25, 0.3) is 0 Å². The molecule has 1 aromatic rings. The first-order valence-electron chi connectivity index (χ1n) is 6.90. The summed E-state index contributed by atoms with van der Waals surface area (Å²) in [4.78, 5) is 0. The Labute approximate surface area is 119 Å².